The van der Waals surface area contributed by atoms with E-state index in [2.05, 4.69) is 301 Å². The molecule has 1 atom stereocenters. The van der Waals surface area contributed by atoms with Crippen LogP contribution >= 0.6 is 0 Å². The molecule has 1 unspecified atom stereocenters. The van der Waals surface area contributed by atoms with E-state index in [1.165, 1.54) is 0 Å². The molecule has 0 aromatic carbocycles. The summed E-state index contributed by atoms with van der Waals surface area (Å²) < 4.78 is 0. The average Bonchev–Trinajstić information content (AvgIpc) is 1.57. The fourth-order valence-electron chi connectivity index (χ4n) is 14.4. The standard InChI is InChI=1S/C27H48N2O3.C27H48N2O2.C26H44N2O2.C23H36N2O3.C22H37N3O2/c1-5-7-17-21-27(32)29(24(3)4)22-19-16-14-12-10-8-9-11-13-15-18-20-26(31)28-25(6-2)23-30;1-5-7-18-22-27(31)29(25(3)4)24-20-17-15-13-11-9-10-12-14-16-19-21-26(30)28-23-8-6-2;1-5-7-17-21-26(30)28(24(3)4)23-19-16-14-12-10-8-9-11-13-15-18-20-25(29)27-22-6-2;1-2-3-15-21(26)23(28)24-19-14-12-10-8-6-4-5-7-9-11-13-16-22(27)25-20-17-18-20;1-2-3-18-23-22(27)24-19-14-12-10-8-6-4-5-7-9-11-13-15-21(26)25-20-16-17-20/h8,10-11,13-14,16,24-25,30H,5-7,9,12,15,17-23H2,1-4H3,(H,28,31);9,11-12,14-15,17,25H,5-8,10,13,16,18-24H2,1-4H3,(H,28,30);6,8,10-11,13-14,16,24H,2,5,7,9,12,15,17-23H2,1,3-4H3,(H,27,29);4,6-7,9-10,12,20H,2-3,5,8,11,13-19H2,1H3,(H,24,28)(H,25,27);4,6-7,9-10,12,20H,2-3,5,8,11,13-19H2,1H3,(H,25,26)(H2,23,24,27)/b10-8-,13-11-,16-14-;11-9-,14-12-,17-15-;10-8-,13-11-,16-14-;2*6-4-,9-7-,12-10-. The highest BCUT2D eigenvalue weighted by Crippen LogP contribution is 2.21. The number of carbonyl (C=O) groups is 11. The minimum Gasteiger partial charge on any atom is -0.394 e. The van der Waals surface area contributed by atoms with E-state index >= 15 is 0 Å². The largest absolute Gasteiger partial charge is 0.394 e. The first-order valence-electron chi connectivity index (χ1n) is 57.9. The molecule has 0 aromatic rings. The number of amides is 11. The zero-order valence-corrected chi connectivity index (χ0v) is 95.4. The Labute approximate surface area is 901 Å². The smallest absolute Gasteiger partial charge is 0.314 e. The number of nitrogens with zero attached hydrogens (tertiary/aromatic N) is 3. The second-order valence-corrected chi connectivity index (χ2v) is 38.9. The van der Waals surface area contributed by atoms with Gasteiger partial charge in [0.25, 0.3) is 5.91 Å². The molecule has 0 aromatic heterocycles. The van der Waals surface area contributed by atoms with Crippen molar-refractivity contribution in [2.75, 3.05) is 59.0 Å². The Hall–Kier alpha value is -10.0. The Morgan fingerprint density at radius 3 is 0.845 bits per heavy atom. The number of unbranched alkanes of at least 4 members (excludes halogenated alkanes) is 14. The van der Waals surface area contributed by atoms with Crippen LogP contribution in [0.2, 0.25) is 0 Å². The number of aliphatic hydroxyl groups is 1. The molecule has 0 spiro atoms. The second kappa shape index (κ2) is 110. The number of Topliss-reactive ketones (excluding diaryl/α,β-unsaturated/α-hetero) is 1. The van der Waals surface area contributed by atoms with Crippen LogP contribution in [0.3, 0.4) is 0 Å². The quantitative estimate of drug-likeness (QED) is 0.0156. The lowest BCUT2D eigenvalue weighted by atomic mass is 10.1. The van der Waals surface area contributed by atoms with Crippen molar-refractivity contribution < 1.29 is 57.8 Å². The average molecular weight is 2060 g/mol. The molecule has 0 bridgehead atoms. The maximum absolute atomic E-state index is 12.3. The predicted molar refractivity (Wildman–Crippen MR) is 625 cm³/mol. The van der Waals surface area contributed by atoms with Crippen LogP contribution in [0.5, 0.6) is 0 Å². The van der Waals surface area contributed by atoms with Crippen LogP contribution in [-0.2, 0) is 47.9 Å². The molecule has 0 aliphatic heterocycles. The second-order valence-electron chi connectivity index (χ2n) is 38.9. The molecule has 23 nitrogen and oxygen atoms in total. The molecule has 2 saturated carbocycles. The van der Waals surface area contributed by atoms with E-state index in [1.54, 1.807) is 6.08 Å². The van der Waals surface area contributed by atoms with Crippen molar-refractivity contribution >= 4 is 65.0 Å². The molecule has 0 saturated heterocycles. The Morgan fingerprint density at radius 1 is 0.284 bits per heavy atom. The molecule has 2 fully saturated rings. The summed E-state index contributed by atoms with van der Waals surface area (Å²) in [4.78, 5) is 135. The number of nitrogens with one attached hydrogen (secondary N) is 8. The van der Waals surface area contributed by atoms with Crippen molar-refractivity contribution in [1.82, 2.24) is 57.2 Å². The third kappa shape index (κ3) is 103. The number of rotatable bonds is 87. The molecule has 0 radical (unpaired) electrons. The van der Waals surface area contributed by atoms with Gasteiger partial charge in [0.05, 0.1) is 12.6 Å². The van der Waals surface area contributed by atoms with Gasteiger partial charge in [-0.05, 0) is 273 Å². The fraction of sp³-hybridized carbons (Fsp3) is 0.656. The Bertz CT molecular complexity index is 3820. The van der Waals surface area contributed by atoms with Crippen LogP contribution in [-0.4, -0.2) is 180 Å². The monoisotopic (exact) mass is 2060 g/mol. The molecule has 9 N–H and O–H groups in total. The van der Waals surface area contributed by atoms with Crippen molar-refractivity contribution in [2.45, 2.75) is 473 Å². The van der Waals surface area contributed by atoms with E-state index in [0.717, 1.165) is 322 Å². The third-order valence-electron chi connectivity index (χ3n) is 23.8. The number of hydrogen-bond donors (Lipinski definition) is 9. The topological polar surface area (TPSA) is 314 Å². The van der Waals surface area contributed by atoms with Gasteiger partial charge in [0.1, 0.15) is 0 Å². The van der Waals surface area contributed by atoms with Gasteiger partial charge in [-0.1, -0.05) is 295 Å². The molecular formula is C125H213N11O12. The molecule has 0 heterocycles. The summed E-state index contributed by atoms with van der Waals surface area (Å²) in [5.41, 5.74) is 0. The van der Waals surface area contributed by atoms with Gasteiger partial charge in [-0.3, -0.25) is 47.9 Å². The molecule has 148 heavy (non-hydrogen) atoms. The van der Waals surface area contributed by atoms with Crippen molar-refractivity contribution in [3.63, 3.8) is 0 Å². The summed E-state index contributed by atoms with van der Waals surface area (Å²) in [6.07, 6.45) is 115. The van der Waals surface area contributed by atoms with Gasteiger partial charge in [-0.25, -0.2) is 4.79 Å². The first kappa shape index (κ1) is 142. The van der Waals surface area contributed by atoms with E-state index in [9.17, 15) is 52.7 Å². The van der Waals surface area contributed by atoms with Crippen LogP contribution in [0.25, 0.3) is 0 Å². The Balaban J connectivity index is -0.00000178. The van der Waals surface area contributed by atoms with Crippen LogP contribution in [0.4, 0.5) is 4.79 Å². The first-order valence-corrected chi connectivity index (χ1v) is 57.9. The number of aliphatic hydroxyl groups excluding tert-OH is 1. The predicted octanol–water partition coefficient (Wildman–Crippen LogP) is 27.1. The van der Waals surface area contributed by atoms with E-state index in [0.29, 0.717) is 95.4 Å². The molecule has 2 rings (SSSR count). The Kier molecular flexibility index (Phi) is 105. The summed E-state index contributed by atoms with van der Waals surface area (Å²) in [6, 6.07) is 1.52. The van der Waals surface area contributed by atoms with E-state index in [1.807, 2.05) is 34.6 Å². The van der Waals surface area contributed by atoms with Gasteiger partial charge >= 0.3 is 6.03 Å². The highest BCUT2D eigenvalue weighted by Gasteiger charge is 2.25. The fourth-order valence-corrected chi connectivity index (χ4v) is 14.4. The molecule has 23 heteroatoms. The maximum atomic E-state index is 12.3. The van der Waals surface area contributed by atoms with Gasteiger partial charge < -0.3 is 62.3 Å². The van der Waals surface area contributed by atoms with Gasteiger partial charge in [-0.2, -0.15) is 0 Å². The lowest BCUT2D eigenvalue weighted by Crippen LogP contribution is -2.37. The highest BCUT2D eigenvalue weighted by atomic mass is 16.3. The molecular weight excluding hydrogens is 1850 g/mol. The molecule has 2 aliphatic carbocycles. The summed E-state index contributed by atoms with van der Waals surface area (Å²) >= 11 is 0. The highest BCUT2D eigenvalue weighted by molar-refractivity contribution is 6.36. The van der Waals surface area contributed by atoms with E-state index in [4.69, 9.17) is 5.11 Å². The lowest BCUT2D eigenvalue weighted by Gasteiger charge is -2.26. The van der Waals surface area contributed by atoms with Crippen LogP contribution in [0.15, 0.2) is 195 Å². The minimum atomic E-state index is -0.461. The number of ketones is 1. The Morgan fingerprint density at radius 2 is 0.554 bits per heavy atom. The molecule has 840 valence electrons. The van der Waals surface area contributed by atoms with Crippen LogP contribution in [0.1, 0.15) is 437 Å². The van der Waals surface area contributed by atoms with Gasteiger partial charge in [-0.15, -0.1) is 6.58 Å². The SMILES string of the molecule is C=CCNC(=O)CCC/C=C\C/C=C\C/C=C\CCN(C(=O)CCCCC)C(C)C.CCCCC(=O)C(=O)NCC/C=C\C/C=C\C/C=C\CCCC(=O)NC1CC1.CCCCCC(=O)N(CC/C=C\C/C=C\C/C=C\CCCC(=O)NC(CC)CO)C(C)C.CCCCCC(=O)N(CC/C=C\C/C=C\C/C=C\CCCC(=O)NCCCC)C(C)C.CCCCNC(=O)NCC/C=C\C/C=C\C/C=C\CCCC(=O)NC1CC1. The van der Waals surface area contributed by atoms with Crippen molar-refractivity contribution in [1.29, 1.82) is 0 Å². The molecule has 11 amide bonds. The van der Waals surface area contributed by atoms with Crippen LogP contribution in [0, 0.1) is 0 Å². The van der Waals surface area contributed by atoms with E-state index < -0.39 is 5.91 Å². The van der Waals surface area contributed by atoms with Crippen molar-refractivity contribution in [2.24, 2.45) is 0 Å². The summed E-state index contributed by atoms with van der Waals surface area (Å²) in [5.74, 6) is 0.748. The maximum Gasteiger partial charge on any atom is 0.314 e. The normalized spacial score (nSPS) is 13.0. The number of hydrogen-bond acceptors (Lipinski definition) is 12. The minimum absolute atomic E-state index is 0.00114. The van der Waals surface area contributed by atoms with Gasteiger partial charge in [0, 0.05) is 140 Å². The summed E-state index contributed by atoms with van der Waals surface area (Å²) in [5, 5.41) is 32.0. The van der Waals surface area contributed by atoms with Crippen molar-refractivity contribution in [3.05, 3.63) is 195 Å². The van der Waals surface area contributed by atoms with Crippen molar-refractivity contribution in [3.8, 4) is 0 Å². The van der Waals surface area contributed by atoms with Gasteiger partial charge in [0.2, 0.25) is 53.0 Å². The zero-order valence-electron chi connectivity index (χ0n) is 95.4. The first-order chi connectivity index (χ1) is 71.9. The lowest BCUT2D eigenvalue weighted by molar-refractivity contribution is -0.137. The zero-order chi connectivity index (χ0) is 110. The van der Waals surface area contributed by atoms with E-state index in [-0.39, 0.29) is 83.9 Å². The van der Waals surface area contributed by atoms with Gasteiger partial charge in [0.15, 0.2) is 0 Å². The summed E-state index contributed by atoms with van der Waals surface area (Å²) in [7, 11) is 0. The summed E-state index contributed by atoms with van der Waals surface area (Å²) in [6.45, 7) is 36.5. The molecule has 2 aliphatic rings. The number of urea groups is 1. The number of carbonyl (C=O) groups excluding carboxylic acids is 11. The van der Waals surface area contributed by atoms with Crippen LogP contribution < -0.4 is 42.5 Å². The third-order valence-corrected chi connectivity index (χ3v) is 23.8. The number of allylic oxidation sites excluding steroid dienone is 25.